The first kappa shape index (κ1) is 16.3. The smallest absolute Gasteiger partial charge is 0.127 e. The molecule has 2 rings (SSSR count). The van der Waals surface area contributed by atoms with Gasteiger partial charge in [-0.3, -0.25) is 4.21 Å². The van der Waals surface area contributed by atoms with E-state index < -0.39 is 10.8 Å². The van der Waals surface area contributed by atoms with Crippen LogP contribution in [0, 0.1) is 0 Å². The molecule has 21 heavy (non-hydrogen) atoms. The first-order valence-electron chi connectivity index (χ1n) is 7.46. The van der Waals surface area contributed by atoms with Crippen LogP contribution in [0.25, 0.3) is 0 Å². The average molecular weight is 311 g/mol. The van der Waals surface area contributed by atoms with E-state index in [4.69, 9.17) is 9.47 Å². The van der Waals surface area contributed by atoms with E-state index in [1.807, 2.05) is 25.2 Å². The molecule has 0 bridgehead atoms. The highest BCUT2D eigenvalue weighted by atomic mass is 32.2. The molecule has 0 spiro atoms. The summed E-state index contributed by atoms with van der Waals surface area (Å²) in [4.78, 5) is 0. The molecule has 0 aliphatic heterocycles. The summed E-state index contributed by atoms with van der Waals surface area (Å²) in [5.41, 5.74) is 1.03. The van der Waals surface area contributed by atoms with Gasteiger partial charge in [-0.15, -0.1) is 0 Å². The quantitative estimate of drug-likeness (QED) is 0.841. The molecule has 1 saturated carbocycles. The van der Waals surface area contributed by atoms with Gasteiger partial charge in [-0.25, -0.2) is 0 Å². The second-order valence-electron chi connectivity index (χ2n) is 5.40. The number of hydrogen-bond donors (Lipinski definition) is 1. The molecule has 0 radical (unpaired) electrons. The van der Waals surface area contributed by atoms with Gasteiger partial charge in [-0.1, -0.05) is 18.9 Å². The summed E-state index contributed by atoms with van der Waals surface area (Å²) in [5, 5.41) is 3.64. The Bertz CT molecular complexity index is 486. The van der Waals surface area contributed by atoms with Crippen molar-refractivity contribution in [3.05, 3.63) is 23.8 Å². The Morgan fingerprint density at radius 2 is 2.00 bits per heavy atom. The van der Waals surface area contributed by atoms with E-state index in [0.29, 0.717) is 11.0 Å². The highest BCUT2D eigenvalue weighted by molar-refractivity contribution is 7.85. The fraction of sp³-hybridized carbons (Fsp3) is 0.625. The van der Waals surface area contributed by atoms with Crippen LogP contribution in [0.4, 0.5) is 0 Å². The van der Waals surface area contributed by atoms with Crippen LogP contribution < -0.4 is 14.8 Å². The lowest BCUT2D eigenvalue weighted by molar-refractivity contribution is 0.387. The second kappa shape index (κ2) is 7.80. The molecule has 1 aliphatic carbocycles. The van der Waals surface area contributed by atoms with Crippen LogP contribution in [0.15, 0.2) is 18.2 Å². The summed E-state index contributed by atoms with van der Waals surface area (Å²) in [7, 11) is 4.40. The van der Waals surface area contributed by atoms with E-state index >= 15 is 0 Å². The van der Waals surface area contributed by atoms with Gasteiger partial charge in [0, 0.05) is 39.5 Å². The van der Waals surface area contributed by atoms with Crippen molar-refractivity contribution in [2.45, 2.75) is 37.0 Å². The summed E-state index contributed by atoms with van der Waals surface area (Å²) < 4.78 is 23.2. The van der Waals surface area contributed by atoms with Gasteiger partial charge in [0.15, 0.2) is 0 Å². The number of nitrogens with one attached hydrogen (secondary N) is 1. The van der Waals surface area contributed by atoms with Crippen LogP contribution in [0.2, 0.25) is 0 Å². The van der Waals surface area contributed by atoms with E-state index in [1.165, 1.54) is 12.8 Å². The fourth-order valence-electron chi connectivity index (χ4n) is 2.89. The van der Waals surface area contributed by atoms with Crippen LogP contribution in [0.3, 0.4) is 0 Å². The highest BCUT2D eigenvalue weighted by Gasteiger charge is 2.25. The van der Waals surface area contributed by atoms with Crippen LogP contribution in [-0.4, -0.2) is 36.5 Å². The van der Waals surface area contributed by atoms with Crippen molar-refractivity contribution < 1.29 is 13.7 Å². The van der Waals surface area contributed by atoms with Crippen LogP contribution in [0.1, 0.15) is 37.3 Å². The molecular formula is C16H25NO3S. The number of methoxy groups -OCH3 is 2. The lowest BCUT2D eigenvalue weighted by Crippen LogP contribution is -2.27. The normalized spacial score (nSPS) is 18.4. The molecule has 2 atom stereocenters. The van der Waals surface area contributed by atoms with E-state index in [1.54, 1.807) is 14.2 Å². The molecule has 1 aromatic rings. The summed E-state index contributed by atoms with van der Waals surface area (Å²) >= 11 is 0. The number of ether oxygens (including phenoxy) is 2. The minimum Gasteiger partial charge on any atom is -0.497 e. The first-order valence-corrected chi connectivity index (χ1v) is 8.84. The van der Waals surface area contributed by atoms with Crippen molar-refractivity contribution >= 4 is 10.8 Å². The molecule has 118 valence electrons. The molecule has 1 aromatic carbocycles. The Hall–Kier alpha value is -1.07. The molecule has 0 heterocycles. The maximum absolute atomic E-state index is 12.5. The highest BCUT2D eigenvalue weighted by Crippen LogP contribution is 2.31. The van der Waals surface area contributed by atoms with Crippen molar-refractivity contribution in [1.82, 2.24) is 5.32 Å². The molecule has 2 unspecified atom stereocenters. The third-order valence-electron chi connectivity index (χ3n) is 4.17. The fourth-order valence-corrected chi connectivity index (χ4v) is 4.69. The lowest BCUT2D eigenvalue weighted by Gasteiger charge is -2.21. The van der Waals surface area contributed by atoms with Gasteiger partial charge in [-0.2, -0.15) is 0 Å². The Labute approximate surface area is 129 Å². The third-order valence-corrected chi connectivity index (χ3v) is 6.05. The van der Waals surface area contributed by atoms with Crippen LogP contribution in [0.5, 0.6) is 11.5 Å². The first-order chi connectivity index (χ1) is 10.2. The second-order valence-corrected chi connectivity index (χ2v) is 7.16. The molecule has 5 heteroatoms. The number of rotatable bonds is 7. The average Bonchev–Trinajstić information content (AvgIpc) is 3.06. The molecule has 0 amide bonds. The van der Waals surface area contributed by atoms with Gasteiger partial charge in [0.05, 0.1) is 14.2 Å². The van der Waals surface area contributed by atoms with E-state index in [2.05, 4.69) is 5.32 Å². The maximum Gasteiger partial charge on any atom is 0.127 e. The molecule has 0 aromatic heterocycles. The summed E-state index contributed by atoms with van der Waals surface area (Å²) in [6, 6.07) is 5.82. The lowest BCUT2D eigenvalue weighted by atomic mass is 10.1. The minimum atomic E-state index is -0.792. The zero-order chi connectivity index (χ0) is 15.2. The molecule has 1 aliphatic rings. The third kappa shape index (κ3) is 3.98. The van der Waals surface area contributed by atoms with Crippen molar-refractivity contribution in [3.8, 4) is 11.5 Å². The molecule has 0 saturated heterocycles. The summed E-state index contributed by atoms with van der Waals surface area (Å²) in [6.45, 7) is 0. The van der Waals surface area contributed by atoms with Crippen molar-refractivity contribution in [2.24, 2.45) is 0 Å². The Morgan fingerprint density at radius 1 is 1.29 bits per heavy atom. The van der Waals surface area contributed by atoms with Crippen molar-refractivity contribution in [2.75, 3.05) is 27.0 Å². The van der Waals surface area contributed by atoms with Crippen molar-refractivity contribution in [3.63, 3.8) is 0 Å². The Balaban J connectivity index is 2.14. The van der Waals surface area contributed by atoms with Gasteiger partial charge in [0.1, 0.15) is 11.5 Å². The van der Waals surface area contributed by atoms with Gasteiger partial charge >= 0.3 is 0 Å². The van der Waals surface area contributed by atoms with E-state index in [9.17, 15) is 4.21 Å². The SMILES string of the molecule is CNC(CS(=O)C1CCCC1)c1ccc(OC)cc1OC. The standard InChI is InChI=1S/C16H25NO3S/c1-17-15(11-21(18)13-6-4-5-7-13)14-9-8-12(19-2)10-16(14)20-3/h8-10,13,15,17H,4-7,11H2,1-3H3. The van der Waals surface area contributed by atoms with E-state index in [0.717, 1.165) is 29.9 Å². The summed E-state index contributed by atoms with van der Waals surface area (Å²) in [5.74, 6) is 2.17. The van der Waals surface area contributed by atoms with Gasteiger partial charge in [0.25, 0.3) is 0 Å². The van der Waals surface area contributed by atoms with Crippen molar-refractivity contribution in [1.29, 1.82) is 0 Å². The van der Waals surface area contributed by atoms with Crippen LogP contribution in [-0.2, 0) is 10.8 Å². The molecule has 1 fully saturated rings. The Kier molecular flexibility index (Phi) is 6.06. The number of hydrogen-bond acceptors (Lipinski definition) is 4. The molecule has 4 nitrogen and oxygen atoms in total. The minimum absolute atomic E-state index is 0.0345. The van der Waals surface area contributed by atoms with E-state index in [-0.39, 0.29) is 6.04 Å². The zero-order valence-electron chi connectivity index (χ0n) is 13.1. The predicted octanol–water partition coefficient (Wildman–Crippen LogP) is 2.66. The Morgan fingerprint density at radius 3 is 2.57 bits per heavy atom. The van der Waals surface area contributed by atoms with Gasteiger partial charge in [0.2, 0.25) is 0 Å². The predicted molar refractivity (Wildman–Crippen MR) is 86.6 cm³/mol. The van der Waals surface area contributed by atoms with Crippen LogP contribution >= 0.6 is 0 Å². The monoisotopic (exact) mass is 311 g/mol. The molecule has 1 N–H and O–H groups in total. The topological polar surface area (TPSA) is 47.6 Å². The maximum atomic E-state index is 12.5. The van der Waals surface area contributed by atoms with Gasteiger partial charge < -0.3 is 14.8 Å². The largest absolute Gasteiger partial charge is 0.497 e. The number of benzene rings is 1. The zero-order valence-corrected chi connectivity index (χ0v) is 13.9. The molecular weight excluding hydrogens is 286 g/mol. The summed E-state index contributed by atoms with van der Waals surface area (Å²) in [6.07, 6.45) is 4.63. The van der Waals surface area contributed by atoms with Gasteiger partial charge in [-0.05, 0) is 26.0 Å².